The summed E-state index contributed by atoms with van der Waals surface area (Å²) in [6, 6.07) is 0. The van der Waals surface area contributed by atoms with Crippen molar-refractivity contribution < 1.29 is 9.53 Å². The predicted octanol–water partition coefficient (Wildman–Crippen LogP) is 0.240. The molecule has 0 aromatic carbocycles. The second-order valence-corrected chi connectivity index (χ2v) is 1.24. The molecule has 0 rings (SSSR count). The number of ether oxygens (including phenoxy) is 1. The topological polar surface area (TPSA) is 38.3 Å². The minimum Gasteiger partial charge on any atom is -0.503 e. The number of hydrogen-bond donors (Lipinski definition) is 1. The molecule has 0 fully saturated rings. The second kappa shape index (κ2) is 4.18. The monoisotopic (exact) mass is 115 g/mol. The van der Waals surface area contributed by atoms with Crippen LogP contribution in [0.5, 0.6) is 0 Å². The summed E-state index contributed by atoms with van der Waals surface area (Å²) >= 11 is 0. The Balaban J connectivity index is 3.16. The highest BCUT2D eigenvalue weighted by atomic mass is 16.5. The number of methoxy groups -OCH3 is 1. The largest absolute Gasteiger partial charge is 0.503 e. The standard InChI is InChI=1S/C5H9NO2/c1-5(7)6-3-4-8-2/h3-4H,1-2H3,(H,6,7)/b4-3+. The molecule has 0 atom stereocenters. The third-order valence-corrected chi connectivity index (χ3v) is 0.491. The van der Waals surface area contributed by atoms with Gasteiger partial charge in [-0.05, 0) is 0 Å². The molecule has 0 heterocycles. The summed E-state index contributed by atoms with van der Waals surface area (Å²) in [5, 5.41) is 2.40. The molecule has 8 heavy (non-hydrogen) atoms. The summed E-state index contributed by atoms with van der Waals surface area (Å²) in [5.41, 5.74) is 0. The molecule has 0 aliphatic carbocycles. The first-order valence-corrected chi connectivity index (χ1v) is 2.22. The van der Waals surface area contributed by atoms with Gasteiger partial charge in [0.05, 0.1) is 13.4 Å². The van der Waals surface area contributed by atoms with E-state index in [1.165, 1.54) is 26.5 Å². The van der Waals surface area contributed by atoms with Crippen molar-refractivity contribution in [3.05, 3.63) is 12.5 Å². The van der Waals surface area contributed by atoms with E-state index in [2.05, 4.69) is 10.1 Å². The van der Waals surface area contributed by atoms with Crippen LogP contribution in [0.25, 0.3) is 0 Å². The maximum atomic E-state index is 10.1. The Morgan fingerprint density at radius 1 is 1.75 bits per heavy atom. The fraction of sp³-hybridized carbons (Fsp3) is 0.400. The van der Waals surface area contributed by atoms with Crippen LogP contribution in [0.4, 0.5) is 0 Å². The smallest absolute Gasteiger partial charge is 0.220 e. The van der Waals surface area contributed by atoms with Crippen molar-refractivity contribution in [2.24, 2.45) is 0 Å². The van der Waals surface area contributed by atoms with Crippen LogP contribution < -0.4 is 5.32 Å². The third kappa shape index (κ3) is 5.01. The van der Waals surface area contributed by atoms with Gasteiger partial charge in [0.2, 0.25) is 5.91 Å². The molecular formula is C5H9NO2. The van der Waals surface area contributed by atoms with E-state index in [0.717, 1.165) is 0 Å². The normalized spacial score (nSPS) is 9.25. The lowest BCUT2D eigenvalue weighted by atomic mass is 10.7. The van der Waals surface area contributed by atoms with E-state index >= 15 is 0 Å². The van der Waals surface area contributed by atoms with Crippen molar-refractivity contribution in [2.75, 3.05) is 7.11 Å². The first-order valence-electron chi connectivity index (χ1n) is 2.22. The van der Waals surface area contributed by atoms with Crippen LogP contribution in [0, 0.1) is 0 Å². The van der Waals surface area contributed by atoms with E-state index in [4.69, 9.17) is 0 Å². The lowest BCUT2D eigenvalue weighted by Crippen LogP contribution is -2.11. The van der Waals surface area contributed by atoms with Crippen molar-refractivity contribution in [3.63, 3.8) is 0 Å². The van der Waals surface area contributed by atoms with Crippen LogP contribution in [0.15, 0.2) is 12.5 Å². The number of nitrogens with one attached hydrogen (secondary N) is 1. The Bertz CT molecular complexity index is 98.6. The van der Waals surface area contributed by atoms with Crippen LogP contribution in [-0.4, -0.2) is 13.0 Å². The molecular weight excluding hydrogens is 106 g/mol. The first kappa shape index (κ1) is 7.01. The SMILES string of the molecule is CO/C=C/NC(C)=O. The van der Waals surface area contributed by atoms with Gasteiger partial charge in [-0.1, -0.05) is 0 Å². The fourth-order valence-corrected chi connectivity index (χ4v) is 0.219. The van der Waals surface area contributed by atoms with Gasteiger partial charge in [0.15, 0.2) is 0 Å². The predicted molar refractivity (Wildman–Crippen MR) is 30.0 cm³/mol. The Hall–Kier alpha value is -0.990. The van der Waals surface area contributed by atoms with Crippen molar-refractivity contribution in [3.8, 4) is 0 Å². The molecule has 0 radical (unpaired) electrons. The molecule has 0 aliphatic rings. The summed E-state index contributed by atoms with van der Waals surface area (Å²) in [4.78, 5) is 10.1. The number of amides is 1. The highest BCUT2D eigenvalue weighted by molar-refractivity contribution is 5.73. The molecule has 0 aromatic heterocycles. The van der Waals surface area contributed by atoms with Gasteiger partial charge in [-0.25, -0.2) is 0 Å². The molecule has 0 saturated heterocycles. The van der Waals surface area contributed by atoms with Crippen LogP contribution in [0.2, 0.25) is 0 Å². The highest BCUT2D eigenvalue weighted by Crippen LogP contribution is 1.66. The number of hydrogen-bond acceptors (Lipinski definition) is 2. The molecule has 0 bridgehead atoms. The van der Waals surface area contributed by atoms with E-state index in [0.29, 0.717) is 0 Å². The van der Waals surface area contributed by atoms with Crippen molar-refractivity contribution in [1.29, 1.82) is 0 Å². The Kier molecular flexibility index (Phi) is 3.66. The number of carbonyl (C=O) groups excluding carboxylic acids is 1. The number of rotatable bonds is 2. The van der Waals surface area contributed by atoms with Crippen LogP contribution in [0.1, 0.15) is 6.92 Å². The van der Waals surface area contributed by atoms with Crippen molar-refractivity contribution in [2.45, 2.75) is 6.92 Å². The average molecular weight is 115 g/mol. The van der Waals surface area contributed by atoms with E-state index < -0.39 is 0 Å². The summed E-state index contributed by atoms with van der Waals surface area (Å²) in [6.45, 7) is 1.43. The Labute approximate surface area is 48.3 Å². The maximum absolute atomic E-state index is 10.1. The van der Waals surface area contributed by atoms with E-state index in [1.54, 1.807) is 0 Å². The summed E-state index contributed by atoms with van der Waals surface area (Å²) < 4.78 is 4.50. The minimum atomic E-state index is -0.0988. The molecule has 46 valence electrons. The maximum Gasteiger partial charge on any atom is 0.220 e. The van der Waals surface area contributed by atoms with Gasteiger partial charge in [-0.3, -0.25) is 4.79 Å². The van der Waals surface area contributed by atoms with Gasteiger partial charge in [-0.2, -0.15) is 0 Å². The fourth-order valence-electron chi connectivity index (χ4n) is 0.219. The molecule has 0 aromatic rings. The van der Waals surface area contributed by atoms with Crippen LogP contribution in [-0.2, 0) is 9.53 Å². The number of carbonyl (C=O) groups is 1. The summed E-state index contributed by atoms with van der Waals surface area (Å²) in [7, 11) is 1.51. The van der Waals surface area contributed by atoms with E-state index in [9.17, 15) is 4.79 Å². The summed E-state index contributed by atoms with van der Waals surface area (Å²) in [5.74, 6) is -0.0988. The molecule has 0 aliphatic heterocycles. The molecule has 0 saturated carbocycles. The third-order valence-electron chi connectivity index (χ3n) is 0.491. The van der Waals surface area contributed by atoms with Crippen molar-refractivity contribution in [1.82, 2.24) is 5.32 Å². The quantitative estimate of drug-likeness (QED) is 0.523. The molecule has 3 heteroatoms. The van der Waals surface area contributed by atoms with E-state index in [-0.39, 0.29) is 5.91 Å². The van der Waals surface area contributed by atoms with Crippen LogP contribution in [0.3, 0.4) is 0 Å². The molecule has 1 N–H and O–H groups in total. The highest BCUT2D eigenvalue weighted by Gasteiger charge is 1.78. The minimum absolute atomic E-state index is 0.0988. The Morgan fingerprint density at radius 2 is 2.38 bits per heavy atom. The zero-order chi connectivity index (χ0) is 6.41. The molecule has 0 unspecified atom stereocenters. The molecule has 3 nitrogen and oxygen atoms in total. The first-order chi connectivity index (χ1) is 3.77. The zero-order valence-corrected chi connectivity index (χ0v) is 4.97. The van der Waals surface area contributed by atoms with Gasteiger partial charge in [0.1, 0.15) is 0 Å². The van der Waals surface area contributed by atoms with Gasteiger partial charge in [0, 0.05) is 13.1 Å². The molecule has 0 spiro atoms. The summed E-state index contributed by atoms with van der Waals surface area (Å²) in [6.07, 6.45) is 2.82. The Morgan fingerprint density at radius 3 is 2.75 bits per heavy atom. The van der Waals surface area contributed by atoms with Gasteiger partial charge in [-0.15, -0.1) is 0 Å². The van der Waals surface area contributed by atoms with Gasteiger partial charge >= 0.3 is 0 Å². The molecule has 1 amide bonds. The van der Waals surface area contributed by atoms with Crippen LogP contribution >= 0.6 is 0 Å². The van der Waals surface area contributed by atoms with Gasteiger partial charge < -0.3 is 10.1 Å². The average Bonchev–Trinajstić information content (AvgIpc) is 1.66. The lowest BCUT2D eigenvalue weighted by Gasteiger charge is -1.88. The second-order valence-electron chi connectivity index (χ2n) is 1.24. The van der Waals surface area contributed by atoms with Crippen molar-refractivity contribution >= 4 is 5.91 Å². The van der Waals surface area contributed by atoms with E-state index in [1.807, 2.05) is 0 Å². The zero-order valence-electron chi connectivity index (χ0n) is 4.97. The lowest BCUT2D eigenvalue weighted by molar-refractivity contribution is -0.118. The van der Waals surface area contributed by atoms with Gasteiger partial charge in [0.25, 0.3) is 0 Å².